The molecule has 5 rings (SSSR count). The zero-order chi connectivity index (χ0) is 20.8. The molecule has 0 saturated carbocycles. The Balaban J connectivity index is 1.42. The Morgan fingerprint density at radius 1 is 1.20 bits per heavy atom. The lowest BCUT2D eigenvalue weighted by molar-refractivity contribution is -0.156. The summed E-state index contributed by atoms with van der Waals surface area (Å²) in [6.45, 7) is 1.53. The number of likely N-dealkylation sites (N-methyl/N-ethyl adjacent to an activating group) is 1. The number of fused-ring (bicyclic) bond motifs is 4. The molecule has 3 aliphatic heterocycles. The Kier molecular flexibility index (Phi) is 4.67. The molecule has 0 aromatic carbocycles. The number of piperidine rings is 3. The molecule has 9 heteroatoms. The van der Waals surface area contributed by atoms with E-state index in [-0.39, 0.29) is 23.8 Å². The van der Waals surface area contributed by atoms with Gasteiger partial charge in [-0.3, -0.25) is 9.59 Å². The van der Waals surface area contributed by atoms with Crippen molar-refractivity contribution in [2.75, 3.05) is 25.0 Å². The Labute approximate surface area is 175 Å². The number of anilines is 1. The summed E-state index contributed by atoms with van der Waals surface area (Å²) in [5.74, 6) is 2.11. The Bertz CT molecular complexity index is 957. The summed E-state index contributed by atoms with van der Waals surface area (Å²) in [5, 5.41) is 11.7. The van der Waals surface area contributed by atoms with E-state index in [1.54, 1.807) is 13.2 Å². The zero-order valence-corrected chi connectivity index (χ0v) is 17.4. The minimum atomic E-state index is -0.397. The monoisotopic (exact) mass is 409 g/mol. The van der Waals surface area contributed by atoms with Gasteiger partial charge in [-0.25, -0.2) is 4.98 Å². The largest absolute Gasteiger partial charge is 0.357 e. The first-order valence-electron chi connectivity index (χ1n) is 10.7. The topological polar surface area (TPSA) is 96.2 Å². The fraction of sp³-hybridized carbons (Fsp3) is 0.571. The number of imidazole rings is 1. The molecule has 30 heavy (non-hydrogen) atoms. The first-order chi connectivity index (χ1) is 14.6. The van der Waals surface area contributed by atoms with Gasteiger partial charge in [0.05, 0.1) is 0 Å². The molecule has 2 amide bonds. The van der Waals surface area contributed by atoms with Crippen LogP contribution in [0, 0.1) is 11.8 Å². The summed E-state index contributed by atoms with van der Waals surface area (Å²) in [6, 6.07) is 3.66. The molecule has 158 valence electrons. The summed E-state index contributed by atoms with van der Waals surface area (Å²) in [4.78, 5) is 34.0. The second kappa shape index (κ2) is 7.37. The van der Waals surface area contributed by atoms with Crippen molar-refractivity contribution < 1.29 is 9.59 Å². The number of aromatic nitrogens is 4. The first kappa shape index (κ1) is 19.0. The van der Waals surface area contributed by atoms with E-state index in [1.165, 1.54) is 0 Å². The normalized spacial score (nSPS) is 28.3. The molecule has 3 fully saturated rings. The van der Waals surface area contributed by atoms with Crippen LogP contribution in [0.1, 0.15) is 25.7 Å². The third-order valence-electron chi connectivity index (χ3n) is 6.88. The molecule has 2 aromatic rings. The molecule has 5 heterocycles. The molecule has 0 aliphatic carbocycles. The quantitative estimate of drug-likeness (QED) is 0.807. The van der Waals surface area contributed by atoms with Gasteiger partial charge in [0.2, 0.25) is 11.8 Å². The van der Waals surface area contributed by atoms with Gasteiger partial charge in [-0.1, -0.05) is 0 Å². The minimum absolute atomic E-state index is 0.0586. The molecule has 4 atom stereocenters. The SMILES string of the molecule is CNC(=O)[C@H]1[C@@H]2C[C@@H](CN(c3ccc(-c4nccn4C)nn3)C2)[C@@H]2CCCC(=O)N21. The van der Waals surface area contributed by atoms with E-state index in [4.69, 9.17) is 0 Å². The summed E-state index contributed by atoms with van der Waals surface area (Å²) in [6.07, 6.45) is 7.02. The molecule has 0 unspecified atom stereocenters. The third-order valence-corrected chi connectivity index (χ3v) is 6.88. The van der Waals surface area contributed by atoms with Crippen LogP contribution in [0.3, 0.4) is 0 Å². The van der Waals surface area contributed by atoms with Crippen molar-refractivity contribution in [1.82, 2.24) is 30.0 Å². The molecule has 2 bridgehead atoms. The lowest BCUT2D eigenvalue weighted by Crippen LogP contribution is -2.68. The number of hydrogen-bond donors (Lipinski definition) is 1. The fourth-order valence-electron chi connectivity index (χ4n) is 5.55. The van der Waals surface area contributed by atoms with Crippen LogP contribution in [-0.2, 0) is 16.6 Å². The van der Waals surface area contributed by atoms with Crippen LogP contribution in [0.4, 0.5) is 5.82 Å². The van der Waals surface area contributed by atoms with Gasteiger partial charge in [0.25, 0.3) is 0 Å². The predicted molar refractivity (Wildman–Crippen MR) is 110 cm³/mol. The second-order valence-corrected chi connectivity index (χ2v) is 8.62. The van der Waals surface area contributed by atoms with Gasteiger partial charge in [0, 0.05) is 58.0 Å². The number of carbonyl (C=O) groups is 2. The van der Waals surface area contributed by atoms with Crippen LogP contribution in [0.2, 0.25) is 0 Å². The number of hydrogen-bond acceptors (Lipinski definition) is 6. The minimum Gasteiger partial charge on any atom is -0.357 e. The number of aryl methyl sites for hydroxylation is 1. The van der Waals surface area contributed by atoms with E-state index in [0.717, 1.165) is 43.1 Å². The third kappa shape index (κ3) is 3.03. The Morgan fingerprint density at radius 2 is 2.03 bits per heavy atom. The van der Waals surface area contributed by atoms with Crippen molar-refractivity contribution in [2.24, 2.45) is 18.9 Å². The molecule has 0 radical (unpaired) electrons. The van der Waals surface area contributed by atoms with E-state index < -0.39 is 6.04 Å². The maximum absolute atomic E-state index is 12.8. The fourth-order valence-corrected chi connectivity index (χ4v) is 5.55. The van der Waals surface area contributed by atoms with E-state index >= 15 is 0 Å². The van der Waals surface area contributed by atoms with E-state index in [0.29, 0.717) is 18.9 Å². The van der Waals surface area contributed by atoms with Crippen molar-refractivity contribution in [3.05, 3.63) is 24.5 Å². The van der Waals surface area contributed by atoms with Gasteiger partial charge >= 0.3 is 0 Å². The van der Waals surface area contributed by atoms with Crippen LogP contribution >= 0.6 is 0 Å². The van der Waals surface area contributed by atoms with Crippen LogP contribution in [0.25, 0.3) is 11.5 Å². The smallest absolute Gasteiger partial charge is 0.242 e. The maximum Gasteiger partial charge on any atom is 0.242 e. The Morgan fingerprint density at radius 3 is 2.73 bits per heavy atom. The van der Waals surface area contributed by atoms with Crippen molar-refractivity contribution in [3.8, 4) is 11.5 Å². The van der Waals surface area contributed by atoms with Gasteiger partial charge in [0.1, 0.15) is 11.7 Å². The number of nitrogens with one attached hydrogen (secondary N) is 1. The molecule has 3 saturated heterocycles. The van der Waals surface area contributed by atoms with E-state index in [9.17, 15) is 9.59 Å². The van der Waals surface area contributed by atoms with Crippen molar-refractivity contribution >= 4 is 17.6 Å². The van der Waals surface area contributed by atoms with Gasteiger partial charge < -0.3 is 19.7 Å². The second-order valence-electron chi connectivity index (χ2n) is 8.62. The van der Waals surface area contributed by atoms with Gasteiger partial charge in [0.15, 0.2) is 11.6 Å². The summed E-state index contributed by atoms with van der Waals surface area (Å²) >= 11 is 0. The zero-order valence-electron chi connectivity index (χ0n) is 17.4. The van der Waals surface area contributed by atoms with E-state index in [2.05, 4.69) is 25.4 Å². The molecule has 0 spiro atoms. The highest BCUT2D eigenvalue weighted by Crippen LogP contribution is 2.42. The highest BCUT2D eigenvalue weighted by molar-refractivity contribution is 5.89. The average Bonchev–Trinajstić information content (AvgIpc) is 3.20. The van der Waals surface area contributed by atoms with Crippen LogP contribution in [0.5, 0.6) is 0 Å². The first-order valence-corrected chi connectivity index (χ1v) is 10.7. The predicted octanol–water partition coefficient (Wildman–Crippen LogP) is 0.829. The number of amides is 2. The van der Waals surface area contributed by atoms with Gasteiger partial charge in [-0.2, -0.15) is 0 Å². The number of nitrogens with zero attached hydrogens (tertiary/aromatic N) is 6. The highest BCUT2D eigenvalue weighted by Gasteiger charge is 2.51. The summed E-state index contributed by atoms with van der Waals surface area (Å²) in [7, 11) is 3.58. The molecule has 1 N–H and O–H groups in total. The molecular formula is C21H27N7O2. The van der Waals surface area contributed by atoms with Crippen LogP contribution in [-0.4, -0.2) is 68.7 Å². The van der Waals surface area contributed by atoms with Gasteiger partial charge in [-0.05, 0) is 37.3 Å². The average molecular weight is 409 g/mol. The number of rotatable bonds is 3. The van der Waals surface area contributed by atoms with Crippen molar-refractivity contribution in [3.63, 3.8) is 0 Å². The van der Waals surface area contributed by atoms with Gasteiger partial charge in [-0.15, -0.1) is 10.2 Å². The molecule has 3 aliphatic rings. The van der Waals surface area contributed by atoms with Crippen LogP contribution < -0.4 is 10.2 Å². The van der Waals surface area contributed by atoms with Crippen LogP contribution in [0.15, 0.2) is 24.5 Å². The van der Waals surface area contributed by atoms with Crippen molar-refractivity contribution in [2.45, 2.75) is 37.8 Å². The molecule has 9 nitrogen and oxygen atoms in total. The summed E-state index contributed by atoms with van der Waals surface area (Å²) < 4.78 is 1.91. The number of carbonyl (C=O) groups excluding carboxylic acids is 2. The lowest BCUT2D eigenvalue weighted by atomic mass is 9.71. The standard InChI is InChI=1S/C21H27N7O2/c1-22-21(30)19-14-10-13(16-4-3-5-18(29)28(16)19)11-27(12-14)17-7-6-15(24-25-17)20-23-8-9-26(20)2/h6-9,13-14,16,19H,3-5,10-12H2,1-2H3,(H,22,30)/t13-,14+,16-,19+/m0/s1. The summed E-state index contributed by atoms with van der Waals surface area (Å²) in [5.41, 5.74) is 0.732. The highest BCUT2D eigenvalue weighted by atomic mass is 16.2. The Hall–Kier alpha value is -2.97. The van der Waals surface area contributed by atoms with Crippen molar-refractivity contribution in [1.29, 1.82) is 0 Å². The lowest BCUT2D eigenvalue weighted by Gasteiger charge is -2.55. The maximum atomic E-state index is 12.8. The molecule has 2 aromatic heterocycles. The molecular weight excluding hydrogens is 382 g/mol. The van der Waals surface area contributed by atoms with E-state index in [1.807, 2.05) is 34.8 Å².